The van der Waals surface area contributed by atoms with E-state index >= 15 is 0 Å². The van der Waals surface area contributed by atoms with Gasteiger partial charge in [-0.1, -0.05) is 0 Å². The van der Waals surface area contributed by atoms with Crippen LogP contribution in [-0.4, -0.2) is 20.5 Å². The number of nitrogens with two attached hydrogens (primary N) is 1. The van der Waals surface area contributed by atoms with Crippen LogP contribution in [0, 0.1) is 6.92 Å². The van der Waals surface area contributed by atoms with Crippen molar-refractivity contribution in [1.29, 1.82) is 0 Å². The van der Waals surface area contributed by atoms with Crippen molar-refractivity contribution in [3.8, 4) is 0 Å². The Morgan fingerprint density at radius 3 is 2.56 bits per heavy atom. The van der Waals surface area contributed by atoms with Crippen molar-refractivity contribution in [2.24, 2.45) is 5.14 Å². The van der Waals surface area contributed by atoms with E-state index in [9.17, 15) is 13.2 Å². The van der Waals surface area contributed by atoms with Gasteiger partial charge in [-0.05, 0) is 32.6 Å². The molecule has 0 radical (unpaired) electrons. The second kappa shape index (κ2) is 4.74. The number of esters is 1. The summed E-state index contributed by atoms with van der Waals surface area (Å²) < 4.78 is 32.7. The van der Waals surface area contributed by atoms with Gasteiger partial charge in [-0.2, -0.15) is 0 Å². The van der Waals surface area contributed by atoms with Crippen molar-refractivity contribution in [2.45, 2.75) is 43.6 Å². The Hall–Kier alpha value is -1.34. The van der Waals surface area contributed by atoms with Gasteiger partial charge < -0.3 is 9.15 Å². The predicted molar refractivity (Wildman–Crippen MR) is 62.5 cm³/mol. The lowest BCUT2D eigenvalue weighted by Crippen LogP contribution is -2.14. The fourth-order valence-electron chi connectivity index (χ4n) is 2.06. The zero-order valence-corrected chi connectivity index (χ0v) is 10.8. The molecule has 1 saturated carbocycles. The first kappa shape index (κ1) is 13.1. The number of rotatable bonds is 3. The van der Waals surface area contributed by atoms with Crippen LogP contribution in [0.15, 0.2) is 15.4 Å². The highest BCUT2D eigenvalue weighted by Gasteiger charge is 2.25. The van der Waals surface area contributed by atoms with Crippen LogP contribution >= 0.6 is 0 Å². The molecular weight excluding hydrogens is 258 g/mol. The van der Waals surface area contributed by atoms with Crippen molar-refractivity contribution in [3.05, 3.63) is 17.6 Å². The molecule has 1 aromatic rings. The minimum atomic E-state index is -3.87. The van der Waals surface area contributed by atoms with Crippen LogP contribution in [0.4, 0.5) is 0 Å². The molecular formula is C11H15NO5S. The molecule has 0 unspecified atom stereocenters. The van der Waals surface area contributed by atoms with E-state index in [1.165, 1.54) is 6.92 Å². The average molecular weight is 273 g/mol. The Balaban J connectivity index is 2.16. The SMILES string of the molecule is Cc1oc(C(=O)OC2CCCC2)cc1S(N)(=O)=O. The van der Waals surface area contributed by atoms with Gasteiger partial charge >= 0.3 is 5.97 Å². The number of aryl methyl sites for hydroxylation is 1. The fourth-order valence-corrected chi connectivity index (χ4v) is 2.78. The molecule has 100 valence electrons. The number of ether oxygens (including phenoxy) is 1. The summed E-state index contributed by atoms with van der Waals surface area (Å²) in [6, 6.07) is 1.11. The Kier molecular flexibility index (Phi) is 3.45. The minimum Gasteiger partial charge on any atom is -0.457 e. The second-order valence-electron chi connectivity index (χ2n) is 4.39. The van der Waals surface area contributed by atoms with Crippen LogP contribution in [0.2, 0.25) is 0 Å². The van der Waals surface area contributed by atoms with E-state index in [1.807, 2.05) is 0 Å². The van der Waals surface area contributed by atoms with Crippen molar-refractivity contribution in [2.75, 3.05) is 0 Å². The third-order valence-corrected chi connectivity index (χ3v) is 3.97. The predicted octanol–water partition coefficient (Wildman–Crippen LogP) is 1.33. The van der Waals surface area contributed by atoms with Crippen molar-refractivity contribution in [3.63, 3.8) is 0 Å². The molecule has 1 aliphatic carbocycles. The molecule has 0 spiro atoms. The third kappa shape index (κ3) is 2.73. The van der Waals surface area contributed by atoms with E-state index < -0.39 is 16.0 Å². The first-order chi connectivity index (χ1) is 8.38. The number of carbonyl (C=O) groups excluding carboxylic acids is 1. The molecule has 18 heavy (non-hydrogen) atoms. The van der Waals surface area contributed by atoms with Gasteiger partial charge in [0.2, 0.25) is 15.8 Å². The fraction of sp³-hybridized carbons (Fsp3) is 0.545. The molecule has 0 aliphatic heterocycles. The molecule has 0 saturated heterocycles. The molecule has 0 aromatic carbocycles. The summed E-state index contributed by atoms with van der Waals surface area (Å²) in [5, 5.41) is 4.99. The molecule has 0 bridgehead atoms. The first-order valence-corrected chi connectivity index (χ1v) is 7.27. The zero-order valence-electron chi connectivity index (χ0n) is 10.0. The Bertz CT molecular complexity index is 554. The normalized spacial score (nSPS) is 17.0. The summed E-state index contributed by atoms with van der Waals surface area (Å²) >= 11 is 0. The van der Waals surface area contributed by atoms with E-state index in [0.29, 0.717) is 0 Å². The molecule has 1 aromatic heterocycles. The van der Waals surface area contributed by atoms with Crippen LogP contribution < -0.4 is 5.14 Å². The Morgan fingerprint density at radius 2 is 2.06 bits per heavy atom. The summed E-state index contributed by atoms with van der Waals surface area (Å²) in [6.07, 6.45) is 3.66. The molecule has 2 rings (SSSR count). The first-order valence-electron chi connectivity index (χ1n) is 5.72. The largest absolute Gasteiger partial charge is 0.457 e. The van der Waals surface area contributed by atoms with Crippen molar-refractivity contribution < 1.29 is 22.4 Å². The monoisotopic (exact) mass is 273 g/mol. The minimum absolute atomic E-state index is 0.0934. The standard InChI is InChI=1S/C11H15NO5S/c1-7-10(18(12,14)15)6-9(16-7)11(13)17-8-4-2-3-5-8/h6,8H,2-5H2,1H3,(H2,12,14,15). The smallest absolute Gasteiger partial charge is 0.374 e. The van der Waals surface area contributed by atoms with E-state index in [4.69, 9.17) is 14.3 Å². The molecule has 0 atom stereocenters. The van der Waals surface area contributed by atoms with Gasteiger partial charge in [-0.25, -0.2) is 18.4 Å². The molecule has 0 amide bonds. The van der Waals surface area contributed by atoms with Gasteiger partial charge in [-0.15, -0.1) is 0 Å². The van der Waals surface area contributed by atoms with Crippen LogP contribution in [0.5, 0.6) is 0 Å². The zero-order chi connectivity index (χ0) is 13.3. The van der Waals surface area contributed by atoms with Gasteiger partial charge in [0.05, 0.1) is 0 Å². The molecule has 7 heteroatoms. The third-order valence-electron chi connectivity index (χ3n) is 2.96. The average Bonchev–Trinajstić information content (AvgIpc) is 2.85. The molecule has 6 nitrogen and oxygen atoms in total. The summed E-state index contributed by atoms with van der Waals surface area (Å²) in [6.45, 7) is 1.44. The lowest BCUT2D eigenvalue weighted by Gasteiger charge is -2.09. The van der Waals surface area contributed by atoms with Crippen LogP contribution in [0.3, 0.4) is 0 Å². The van der Waals surface area contributed by atoms with Gasteiger partial charge in [0.25, 0.3) is 0 Å². The highest BCUT2D eigenvalue weighted by atomic mass is 32.2. The highest BCUT2D eigenvalue weighted by Crippen LogP contribution is 2.24. The van der Waals surface area contributed by atoms with Crippen LogP contribution in [0.25, 0.3) is 0 Å². The lowest BCUT2D eigenvalue weighted by molar-refractivity contribution is 0.0280. The molecule has 1 aliphatic rings. The van der Waals surface area contributed by atoms with E-state index in [-0.39, 0.29) is 22.5 Å². The number of hydrogen-bond donors (Lipinski definition) is 1. The van der Waals surface area contributed by atoms with Gasteiger partial charge in [0.1, 0.15) is 16.8 Å². The second-order valence-corrected chi connectivity index (χ2v) is 5.92. The number of hydrogen-bond acceptors (Lipinski definition) is 5. The summed E-state index contributed by atoms with van der Waals surface area (Å²) in [7, 11) is -3.87. The Labute approximate surface area is 105 Å². The van der Waals surface area contributed by atoms with Crippen LogP contribution in [0.1, 0.15) is 42.0 Å². The number of furan rings is 1. The topological polar surface area (TPSA) is 99.6 Å². The quantitative estimate of drug-likeness (QED) is 0.837. The van der Waals surface area contributed by atoms with E-state index in [0.717, 1.165) is 31.7 Å². The number of primary sulfonamides is 1. The summed E-state index contributed by atoms with van der Waals surface area (Å²) in [5.74, 6) is -0.667. The molecule has 1 fully saturated rings. The number of carbonyl (C=O) groups is 1. The van der Waals surface area contributed by atoms with Gasteiger partial charge in [-0.3, -0.25) is 0 Å². The maximum absolute atomic E-state index is 11.7. The summed E-state index contributed by atoms with van der Waals surface area (Å²) in [4.78, 5) is 11.6. The van der Waals surface area contributed by atoms with Gasteiger partial charge in [0.15, 0.2) is 0 Å². The van der Waals surface area contributed by atoms with E-state index in [2.05, 4.69) is 0 Å². The maximum atomic E-state index is 11.7. The lowest BCUT2D eigenvalue weighted by atomic mass is 10.3. The van der Waals surface area contributed by atoms with E-state index in [1.54, 1.807) is 0 Å². The molecule has 2 N–H and O–H groups in total. The molecule has 1 heterocycles. The Morgan fingerprint density at radius 1 is 1.44 bits per heavy atom. The van der Waals surface area contributed by atoms with Crippen molar-refractivity contribution in [1.82, 2.24) is 0 Å². The summed E-state index contributed by atoms with van der Waals surface area (Å²) in [5.41, 5.74) is 0. The number of sulfonamides is 1. The van der Waals surface area contributed by atoms with Crippen LogP contribution in [-0.2, 0) is 14.8 Å². The highest BCUT2D eigenvalue weighted by molar-refractivity contribution is 7.89. The maximum Gasteiger partial charge on any atom is 0.374 e. The van der Waals surface area contributed by atoms with Crippen molar-refractivity contribution >= 4 is 16.0 Å². The van der Waals surface area contributed by atoms with Gasteiger partial charge in [0, 0.05) is 6.07 Å².